The molecule has 4 aliphatic rings. The van der Waals surface area contributed by atoms with E-state index < -0.39 is 17.0 Å². The maximum atomic E-state index is 13.3. The Bertz CT molecular complexity index is 1400. The SMILES string of the molecule is CC(=O)O.CC1CCCC(O)C2CCC2CN2C[C@@]3(CCCc4cc(Cl)ccc43)COc3ccc(cc32)C(=O)NS(=O)C1C. The van der Waals surface area contributed by atoms with Crippen LogP contribution in [0.5, 0.6) is 5.75 Å². The zero-order valence-corrected chi connectivity index (χ0v) is 27.5. The van der Waals surface area contributed by atoms with Gasteiger partial charge in [0.2, 0.25) is 0 Å². The summed E-state index contributed by atoms with van der Waals surface area (Å²) in [6.07, 6.45) is 7.47. The van der Waals surface area contributed by atoms with E-state index in [4.69, 9.17) is 26.2 Å². The second-order valence-electron chi connectivity index (χ2n) is 13.2. The summed E-state index contributed by atoms with van der Waals surface area (Å²) >= 11 is 6.39. The summed E-state index contributed by atoms with van der Waals surface area (Å²) in [5.41, 5.74) is 3.82. The number of aliphatic hydroxyl groups excluding tert-OH is 1. The van der Waals surface area contributed by atoms with Crippen LogP contribution in [0.4, 0.5) is 5.69 Å². The number of carbonyl (C=O) groups is 2. The molecule has 44 heavy (non-hydrogen) atoms. The van der Waals surface area contributed by atoms with Crippen LogP contribution in [0.1, 0.15) is 87.2 Å². The van der Waals surface area contributed by atoms with Crippen molar-refractivity contribution in [1.29, 1.82) is 0 Å². The Kier molecular flexibility index (Phi) is 10.3. The summed E-state index contributed by atoms with van der Waals surface area (Å²) in [6.45, 7) is 7.25. The molecule has 2 aliphatic carbocycles. The van der Waals surface area contributed by atoms with Gasteiger partial charge < -0.3 is 19.8 Å². The van der Waals surface area contributed by atoms with E-state index in [1.165, 1.54) is 11.1 Å². The molecule has 7 atom stereocenters. The number of anilines is 1. The van der Waals surface area contributed by atoms with E-state index in [2.05, 4.69) is 28.7 Å². The van der Waals surface area contributed by atoms with E-state index >= 15 is 0 Å². The van der Waals surface area contributed by atoms with Gasteiger partial charge in [0.05, 0.1) is 23.6 Å². The van der Waals surface area contributed by atoms with E-state index in [0.717, 1.165) is 87.8 Å². The number of benzene rings is 2. The summed E-state index contributed by atoms with van der Waals surface area (Å²) in [4.78, 5) is 24.7. The number of aryl methyl sites for hydroxylation is 1. The fourth-order valence-corrected chi connectivity index (χ4v) is 8.66. The molecule has 2 aliphatic heterocycles. The van der Waals surface area contributed by atoms with Gasteiger partial charge in [-0.15, -0.1) is 0 Å². The van der Waals surface area contributed by atoms with Gasteiger partial charge in [0, 0.05) is 36.0 Å². The molecular formula is C34H45ClN2O6S. The lowest BCUT2D eigenvalue weighted by Gasteiger charge is -2.46. The molecule has 2 aromatic carbocycles. The van der Waals surface area contributed by atoms with Gasteiger partial charge in [0.1, 0.15) is 16.7 Å². The van der Waals surface area contributed by atoms with Crippen LogP contribution in [0.15, 0.2) is 36.4 Å². The molecule has 1 fully saturated rings. The molecular weight excluding hydrogens is 600 g/mol. The number of aliphatic carboxylic acids is 1. The minimum absolute atomic E-state index is 0.175. The normalized spacial score (nSPS) is 31.9. The van der Waals surface area contributed by atoms with E-state index in [1.54, 1.807) is 6.07 Å². The third kappa shape index (κ3) is 7.10. The number of carboxylic acid groups (broad SMARTS) is 1. The first-order valence-corrected chi connectivity index (χ1v) is 17.5. The molecule has 0 aromatic heterocycles. The summed E-state index contributed by atoms with van der Waals surface area (Å²) < 4.78 is 22.4. The topological polar surface area (TPSA) is 116 Å². The van der Waals surface area contributed by atoms with Gasteiger partial charge in [-0.2, -0.15) is 0 Å². The average Bonchev–Trinajstić information content (AvgIpc) is 3.10. The molecule has 10 heteroatoms. The first-order chi connectivity index (χ1) is 21.0. The minimum Gasteiger partial charge on any atom is -0.490 e. The molecule has 2 aromatic rings. The highest BCUT2D eigenvalue weighted by Crippen LogP contribution is 2.47. The van der Waals surface area contributed by atoms with Crippen LogP contribution < -0.4 is 14.4 Å². The van der Waals surface area contributed by atoms with Gasteiger partial charge in [0.25, 0.3) is 11.9 Å². The molecule has 240 valence electrons. The number of rotatable bonds is 0. The van der Waals surface area contributed by atoms with Gasteiger partial charge in [-0.1, -0.05) is 31.0 Å². The van der Waals surface area contributed by atoms with Crippen LogP contribution in [0, 0.1) is 17.8 Å². The molecule has 6 rings (SSSR count). The second-order valence-corrected chi connectivity index (χ2v) is 15.2. The summed E-state index contributed by atoms with van der Waals surface area (Å²) in [5.74, 6) is 0.470. The van der Waals surface area contributed by atoms with Crippen molar-refractivity contribution in [2.75, 3.05) is 24.6 Å². The van der Waals surface area contributed by atoms with Crippen LogP contribution in [0.3, 0.4) is 0 Å². The number of halogens is 1. The Morgan fingerprint density at radius 1 is 1.11 bits per heavy atom. The van der Waals surface area contributed by atoms with E-state index in [0.29, 0.717) is 18.1 Å². The Hall–Kier alpha value is -2.62. The monoisotopic (exact) mass is 644 g/mol. The molecule has 2 bridgehead atoms. The number of aliphatic hydroxyl groups is 1. The Labute approximate surface area is 268 Å². The van der Waals surface area contributed by atoms with E-state index in [9.17, 15) is 14.1 Å². The minimum atomic E-state index is -1.50. The molecule has 3 N–H and O–H groups in total. The van der Waals surface area contributed by atoms with Crippen LogP contribution in [-0.2, 0) is 27.6 Å². The van der Waals surface area contributed by atoms with Crippen LogP contribution in [0.2, 0.25) is 5.02 Å². The highest BCUT2D eigenvalue weighted by atomic mass is 35.5. The van der Waals surface area contributed by atoms with Crippen molar-refractivity contribution in [3.8, 4) is 5.75 Å². The van der Waals surface area contributed by atoms with Crippen molar-refractivity contribution in [2.45, 2.75) is 88.9 Å². The average molecular weight is 645 g/mol. The lowest BCUT2D eigenvalue weighted by molar-refractivity contribution is -0.134. The largest absolute Gasteiger partial charge is 0.490 e. The standard InChI is InChI=1S/C32H41ClN2O4S.C2H4O2/c1-20-5-3-7-29(36)26-11-8-24(26)17-35-18-32(14-4-6-22-15-25(33)10-12-27(22)32)19-39-30-13-9-23(16-28(30)35)31(37)34-40(38)21(20)2;1-2(3)4/h9-10,12-13,15-16,20-21,24,26,29,36H,3-8,11,14,17-19H2,1-2H3,(H,34,37);1H3,(H,3,4)/t20?,21?,24?,26?,29?,32-,40?;/m0./s1. The van der Waals surface area contributed by atoms with Crippen molar-refractivity contribution < 1.29 is 28.7 Å². The van der Waals surface area contributed by atoms with Crippen molar-refractivity contribution >= 4 is 40.2 Å². The predicted molar refractivity (Wildman–Crippen MR) is 174 cm³/mol. The van der Waals surface area contributed by atoms with Gasteiger partial charge in [-0.25, -0.2) is 4.21 Å². The highest BCUT2D eigenvalue weighted by Gasteiger charge is 2.44. The van der Waals surface area contributed by atoms with E-state index in [-0.39, 0.29) is 34.5 Å². The van der Waals surface area contributed by atoms with Crippen molar-refractivity contribution in [1.82, 2.24) is 4.72 Å². The van der Waals surface area contributed by atoms with Crippen molar-refractivity contribution in [2.24, 2.45) is 17.8 Å². The number of nitrogens with one attached hydrogen (secondary N) is 1. The fourth-order valence-electron chi connectivity index (χ4n) is 7.42. The lowest BCUT2D eigenvalue weighted by atomic mass is 9.68. The fraction of sp³-hybridized carbons (Fsp3) is 0.588. The summed E-state index contributed by atoms with van der Waals surface area (Å²) in [7, 11) is -1.50. The van der Waals surface area contributed by atoms with Crippen LogP contribution in [-0.4, -0.2) is 57.3 Å². The van der Waals surface area contributed by atoms with Crippen LogP contribution in [0.25, 0.3) is 0 Å². The molecule has 1 saturated carbocycles. The Morgan fingerprint density at radius 2 is 1.89 bits per heavy atom. The number of ether oxygens (including phenoxy) is 1. The molecule has 0 saturated heterocycles. The number of hydrogen-bond donors (Lipinski definition) is 3. The highest BCUT2D eigenvalue weighted by molar-refractivity contribution is 7.84. The maximum Gasteiger partial charge on any atom is 0.300 e. The molecule has 6 unspecified atom stereocenters. The van der Waals surface area contributed by atoms with Gasteiger partial charge in [-0.05, 0) is 111 Å². The summed E-state index contributed by atoms with van der Waals surface area (Å²) in [6, 6.07) is 11.9. The number of fused-ring (bicyclic) bond motifs is 4. The zero-order valence-electron chi connectivity index (χ0n) is 25.9. The van der Waals surface area contributed by atoms with Crippen molar-refractivity contribution in [3.63, 3.8) is 0 Å². The number of nitrogens with zero attached hydrogens (tertiary/aromatic N) is 1. The van der Waals surface area contributed by atoms with Crippen LogP contribution >= 0.6 is 11.6 Å². The first kappa shape index (κ1) is 32.8. The smallest absolute Gasteiger partial charge is 0.300 e. The Balaban J connectivity index is 0.000000906. The molecule has 8 nitrogen and oxygen atoms in total. The number of carboxylic acids is 1. The number of hydrogen-bond acceptors (Lipinski definition) is 6. The third-order valence-electron chi connectivity index (χ3n) is 10.2. The predicted octanol–water partition coefficient (Wildman–Crippen LogP) is 5.89. The number of carbonyl (C=O) groups excluding carboxylic acids is 1. The molecule has 1 amide bonds. The Morgan fingerprint density at radius 3 is 2.61 bits per heavy atom. The van der Waals surface area contributed by atoms with Gasteiger partial charge in [-0.3, -0.25) is 14.3 Å². The first-order valence-electron chi connectivity index (χ1n) is 15.9. The number of amides is 1. The van der Waals surface area contributed by atoms with E-state index in [1.807, 2.05) is 25.1 Å². The third-order valence-corrected chi connectivity index (χ3v) is 12.0. The molecule has 2 heterocycles. The zero-order chi connectivity index (χ0) is 31.6. The maximum absolute atomic E-state index is 13.3. The molecule has 1 spiro atoms. The van der Waals surface area contributed by atoms with Gasteiger partial charge in [0.15, 0.2) is 0 Å². The van der Waals surface area contributed by atoms with Gasteiger partial charge >= 0.3 is 0 Å². The van der Waals surface area contributed by atoms with Crippen molar-refractivity contribution in [3.05, 3.63) is 58.1 Å². The lowest BCUT2D eigenvalue weighted by Crippen LogP contribution is -2.49. The second kappa shape index (κ2) is 13.8. The molecule has 0 radical (unpaired) electrons. The summed E-state index contributed by atoms with van der Waals surface area (Å²) in [5, 5.41) is 19.2. The quantitative estimate of drug-likeness (QED) is 0.327.